The Morgan fingerprint density at radius 3 is 0.571 bits per heavy atom. The van der Waals surface area contributed by atoms with E-state index in [1.165, 1.54) is 0 Å². The molecular weight excluding hydrogens is 327 g/mol. The zero-order valence-corrected chi connectivity index (χ0v) is 13.6. The second-order valence-electron chi connectivity index (χ2n) is 2.67. The molecule has 0 aromatic heterocycles. The van der Waals surface area contributed by atoms with Gasteiger partial charge in [-0.25, -0.2) is 0 Å². The fourth-order valence-electron chi connectivity index (χ4n) is 1.05. The maximum atomic E-state index is 5.88. The Morgan fingerprint density at radius 1 is 0.429 bits per heavy atom. The smallest absolute Gasteiger partial charge is 1.00 e. The van der Waals surface area contributed by atoms with Crippen molar-refractivity contribution < 1.29 is 34.3 Å². The molecule has 14 heavy (non-hydrogen) atoms. The van der Waals surface area contributed by atoms with Crippen molar-refractivity contribution in [1.29, 1.82) is 0 Å². The zero-order chi connectivity index (χ0) is 9.46. The van der Waals surface area contributed by atoms with Gasteiger partial charge in [-0.2, -0.15) is 0 Å². The van der Waals surface area contributed by atoms with Crippen LogP contribution in [0.3, 0.4) is 0 Å². The number of halogens is 7. The van der Waals surface area contributed by atoms with Gasteiger partial charge in [0.2, 0.25) is 0 Å². The monoisotopic (exact) mass is 330 g/mol. The standard InChI is InChI=1S/C6H6Cl6.FH.Na/c7-1-2(8)4(10)6(12)5(11)3(1)9;;/h1-6H;1H;/q;;+1/p-1/t1-,2-,3-,4+,5+,6+;;. The summed E-state index contributed by atoms with van der Waals surface area (Å²) in [5.74, 6) is 0. The molecule has 0 radical (unpaired) electrons. The maximum absolute atomic E-state index is 5.88. The summed E-state index contributed by atoms with van der Waals surface area (Å²) in [6, 6.07) is 0. The summed E-state index contributed by atoms with van der Waals surface area (Å²) in [7, 11) is 0. The molecule has 0 bridgehead atoms. The Labute approximate surface area is 135 Å². The van der Waals surface area contributed by atoms with Crippen molar-refractivity contribution in [2.24, 2.45) is 0 Å². The first-order chi connectivity index (χ1) is 5.46. The fourth-order valence-corrected chi connectivity index (χ4v) is 3.38. The van der Waals surface area contributed by atoms with Gasteiger partial charge in [0.25, 0.3) is 0 Å². The first-order valence-corrected chi connectivity index (χ1v) is 5.93. The predicted molar refractivity (Wildman–Crippen MR) is 57.8 cm³/mol. The van der Waals surface area contributed by atoms with Gasteiger partial charge in [-0.15, -0.1) is 69.6 Å². The molecule has 0 N–H and O–H groups in total. The van der Waals surface area contributed by atoms with Crippen molar-refractivity contribution in [2.75, 3.05) is 0 Å². The Hall–Kier alpha value is 2.67. The molecule has 0 aromatic rings. The second-order valence-corrected chi connectivity index (χ2v) is 5.69. The SMILES string of the molecule is Cl[C@H]1[C@H](Cl)[C@@H](Cl)[C@@H](Cl)[C@H](Cl)[C@H]1Cl.[F-].[Na+]. The van der Waals surface area contributed by atoms with Gasteiger partial charge in [0.15, 0.2) is 0 Å². The van der Waals surface area contributed by atoms with Gasteiger partial charge in [0, 0.05) is 0 Å². The van der Waals surface area contributed by atoms with Gasteiger partial charge in [0.05, 0.1) is 32.3 Å². The predicted octanol–water partition coefficient (Wildman–Crippen LogP) is -2.35. The molecule has 0 atom stereocenters. The number of rotatable bonds is 0. The summed E-state index contributed by atoms with van der Waals surface area (Å²) in [5, 5.41) is -2.62. The van der Waals surface area contributed by atoms with Gasteiger partial charge in [-0.1, -0.05) is 0 Å². The van der Waals surface area contributed by atoms with Gasteiger partial charge >= 0.3 is 29.6 Å². The molecule has 80 valence electrons. The van der Waals surface area contributed by atoms with Crippen LogP contribution >= 0.6 is 69.6 Å². The minimum atomic E-state index is -0.437. The van der Waals surface area contributed by atoms with E-state index in [0.29, 0.717) is 0 Å². The molecule has 0 saturated heterocycles. The van der Waals surface area contributed by atoms with Crippen LogP contribution < -0.4 is 34.3 Å². The first-order valence-electron chi connectivity index (χ1n) is 3.31. The Kier molecular flexibility index (Phi) is 10.7. The van der Waals surface area contributed by atoms with Gasteiger partial charge < -0.3 is 4.70 Å². The molecule has 0 heterocycles. The molecule has 0 nitrogen and oxygen atoms in total. The number of alkyl halides is 6. The molecule has 1 saturated carbocycles. The largest absolute Gasteiger partial charge is 1.00 e. The van der Waals surface area contributed by atoms with E-state index in [2.05, 4.69) is 0 Å². The summed E-state index contributed by atoms with van der Waals surface area (Å²) in [5.41, 5.74) is 0. The second kappa shape index (κ2) is 7.89. The molecule has 1 aliphatic carbocycles. The molecule has 1 aliphatic rings. The zero-order valence-electron chi connectivity index (χ0n) is 7.11. The maximum Gasteiger partial charge on any atom is 1.00 e. The third kappa shape index (κ3) is 3.85. The van der Waals surface area contributed by atoms with Gasteiger partial charge in [-0.05, 0) is 0 Å². The molecule has 1 fully saturated rings. The van der Waals surface area contributed by atoms with E-state index in [1.807, 2.05) is 0 Å². The quantitative estimate of drug-likeness (QED) is 0.344. The van der Waals surface area contributed by atoms with Crippen molar-refractivity contribution in [3.05, 3.63) is 0 Å². The van der Waals surface area contributed by atoms with Crippen LogP contribution in [0.4, 0.5) is 0 Å². The normalized spacial score (nSPS) is 47.6. The van der Waals surface area contributed by atoms with Crippen LogP contribution in [0.1, 0.15) is 0 Å². The van der Waals surface area contributed by atoms with Crippen molar-refractivity contribution in [2.45, 2.75) is 32.3 Å². The Balaban J connectivity index is 0. The van der Waals surface area contributed by atoms with E-state index in [-0.39, 0.29) is 34.3 Å². The average Bonchev–Trinajstić information content (AvgIpc) is 2.08. The van der Waals surface area contributed by atoms with Crippen LogP contribution in [0.5, 0.6) is 0 Å². The topological polar surface area (TPSA) is 0 Å². The third-order valence-electron chi connectivity index (χ3n) is 1.83. The Morgan fingerprint density at radius 2 is 0.500 bits per heavy atom. The number of hydrogen-bond acceptors (Lipinski definition) is 0. The summed E-state index contributed by atoms with van der Waals surface area (Å²) < 4.78 is 0. The fraction of sp³-hybridized carbons (Fsp3) is 1.00. The van der Waals surface area contributed by atoms with Crippen molar-refractivity contribution in [1.82, 2.24) is 0 Å². The van der Waals surface area contributed by atoms with E-state index in [0.717, 1.165) is 0 Å². The molecule has 0 aromatic carbocycles. The molecule has 0 unspecified atom stereocenters. The van der Waals surface area contributed by atoms with Crippen LogP contribution in [-0.2, 0) is 0 Å². The first kappa shape index (κ1) is 19.0. The van der Waals surface area contributed by atoms with Crippen LogP contribution in [0.15, 0.2) is 0 Å². The molecule has 8 heteroatoms. The summed E-state index contributed by atoms with van der Waals surface area (Å²) in [6.45, 7) is 0. The van der Waals surface area contributed by atoms with Gasteiger partial charge in [-0.3, -0.25) is 0 Å². The molecule has 0 amide bonds. The van der Waals surface area contributed by atoms with E-state index < -0.39 is 32.3 Å². The minimum absolute atomic E-state index is 0. The van der Waals surface area contributed by atoms with Crippen molar-refractivity contribution in [3.63, 3.8) is 0 Å². The minimum Gasteiger partial charge on any atom is -1.00 e. The molecule has 0 aliphatic heterocycles. The van der Waals surface area contributed by atoms with Crippen LogP contribution in [0.25, 0.3) is 0 Å². The van der Waals surface area contributed by atoms with Crippen LogP contribution in [0, 0.1) is 0 Å². The van der Waals surface area contributed by atoms with Crippen molar-refractivity contribution in [3.8, 4) is 0 Å². The molecule has 0 spiro atoms. The summed E-state index contributed by atoms with van der Waals surface area (Å²) >= 11 is 35.3. The molecule has 1 rings (SSSR count). The van der Waals surface area contributed by atoms with Crippen LogP contribution in [0.2, 0.25) is 0 Å². The summed E-state index contributed by atoms with van der Waals surface area (Å²) in [4.78, 5) is 0. The third-order valence-corrected chi connectivity index (χ3v) is 5.86. The van der Waals surface area contributed by atoms with E-state index in [4.69, 9.17) is 69.6 Å². The van der Waals surface area contributed by atoms with E-state index in [1.54, 1.807) is 0 Å². The number of hydrogen-bond donors (Lipinski definition) is 0. The van der Waals surface area contributed by atoms with Crippen LogP contribution in [-0.4, -0.2) is 32.3 Å². The van der Waals surface area contributed by atoms with Crippen molar-refractivity contribution >= 4 is 69.6 Å². The average molecular weight is 333 g/mol. The van der Waals surface area contributed by atoms with E-state index >= 15 is 0 Å². The van der Waals surface area contributed by atoms with E-state index in [9.17, 15) is 0 Å². The Bertz CT molecular complexity index is 114. The van der Waals surface area contributed by atoms with Gasteiger partial charge in [0.1, 0.15) is 0 Å². The molecular formula is C6H6Cl6FNa. The summed E-state index contributed by atoms with van der Waals surface area (Å²) in [6.07, 6.45) is 0.